The molecular formula is C22H28FN5O2. The molecule has 3 amide bonds. The standard InChI is InChI=1S/C22H28FN5O2/c23-19-6-4-5-17(13-19)14-21(29)24-9-10-25-22(30)27-16-18-7-8-20(26-15-18)28-11-2-1-3-12-28/h4-8,13,15H,1-3,9-12,14,16H2,(H,24,29)(H2,25,27,30). The molecule has 0 atom stereocenters. The zero-order valence-corrected chi connectivity index (χ0v) is 17.0. The minimum absolute atomic E-state index is 0.102. The van der Waals surface area contributed by atoms with E-state index in [0.29, 0.717) is 25.2 Å². The number of nitrogens with one attached hydrogen (secondary N) is 3. The number of rotatable bonds is 8. The Morgan fingerprint density at radius 3 is 2.50 bits per heavy atom. The first-order chi connectivity index (χ1) is 14.6. The number of carbonyl (C=O) groups is 2. The van der Waals surface area contributed by atoms with E-state index >= 15 is 0 Å². The zero-order chi connectivity index (χ0) is 21.2. The van der Waals surface area contributed by atoms with Crippen molar-refractivity contribution < 1.29 is 14.0 Å². The molecule has 2 aromatic rings. The van der Waals surface area contributed by atoms with E-state index in [2.05, 4.69) is 25.8 Å². The molecule has 1 aliphatic rings. The van der Waals surface area contributed by atoms with Crippen LogP contribution in [0.15, 0.2) is 42.6 Å². The van der Waals surface area contributed by atoms with Gasteiger partial charge in [0.1, 0.15) is 11.6 Å². The van der Waals surface area contributed by atoms with Gasteiger partial charge in [-0.05, 0) is 48.6 Å². The first kappa shape index (κ1) is 21.5. The molecule has 7 nitrogen and oxygen atoms in total. The van der Waals surface area contributed by atoms with Crippen LogP contribution in [0.3, 0.4) is 0 Å². The number of halogens is 1. The van der Waals surface area contributed by atoms with Crippen LogP contribution >= 0.6 is 0 Å². The van der Waals surface area contributed by atoms with Crippen molar-refractivity contribution in [1.82, 2.24) is 20.9 Å². The van der Waals surface area contributed by atoms with E-state index in [1.54, 1.807) is 18.3 Å². The van der Waals surface area contributed by atoms with Crippen molar-refractivity contribution in [2.75, 3.05) is 31.1 Å². The van der Waals surface area contributed by atoms with Gasteiger partial charge in [-0.15, -0.1) is 0 Å². The number of pyridine rings is 1. The van der Waals surface area contributed by atoms with E-state index in [1.165, 1.54) is 31.4 Å². The second kappa shape index (κ2) is 11.1. The molecule has 8 heteroatoms. The van der Waals surface area contributed by atoms with E-state index in [0.717, 1.165) is 24.5 Å². The van der Waals surface area contributed by atoms with Crippen LogP contribution in [0.1, 0.15) is 30.4 Å². The van der Waals surface area contributed by atoms with Crippen LogP contribution in [0.25, 0.3) is 0 Å². The fraction of sp³-hybridized carbons (Fsp3) is 0.409. The highest BCUT2D eigenvalue weighted by Crippen LogP contribution is 2.17. The lowest BCUT2D eigenvalue weighted by atomic mass is 10.1. The minimum Gasteiger partial charge on any atom is -0.357 e. The number of carbonyl (C=O) groups excluding carboxylic acids is 2. The lowest BCUT2D eigenvalue weighted by Crippen LogP contribution is -2.40. The Labute approximate surface area is 176 Å². The summed E-state index contributed by atoms with van der Waals surface area (Å²) >= 11 is 0. The number of benzene rings is 1. The first-order valence-electron chi connectivity index (χ1n) is 10.3. The molecule has 1 saturated heterocycles. The number of hydrogen-bond donors (Lipinski definition) is 3. The molecule has 3 N–H and O–H groups in total. The van der Waals surface area contributed by atoms with Crippen molar-refractivity contribution in [3.05, 3.63) is 59.5 Å². The molecule has 3 rings (SSSR count). The van der Waals surface area contributed by atoms with Crippen LogP contribution in [0, 0.1) is 5.82 Å². The minimum atomic E-state index is -0.366. The topological polar surface area (TPSA) is 86.4 Å². The summed E-state index contributed by atoms with van der Waals surface area (Å²) in [5, 5.41) is 8.16. The van der Waals surface area contributed by atoms with Gasteiger partial charge in [0.15, 0.2) is 0 Å². The highest BCUT2D eigenvalue weighted by Gasteiger charge is 2.11. The summed E-state index contributed by atoms with van der Waals surface area (Å²) in [6.07, 6.45) is 5.58. The van der Waals surface area contributed by atoms with Gasteiger partial charge >= 0.3 is 6.03 Å². The number of urea groups is 1. The maximum atomic E-state index is 13.1. The highest BCUT2D eigenvalue weighted by atomic mass is 19.1. The van der Waals surface area contributed by atoms with Gasteiger partial charge in [0.25, 0.3) is 0 Å². The Morgan fingerprint density at radius 1 is 0.967 bits per heavy atom. The summed E-state index contributed by atoms with van der Waals surface area (Å²) in [5.74, 6) is 0.398. The molecule has 0 saturated carbocycles. The number of piperidine rings is 1. The van der Waals surface area contributed by atoms with Gasteiger partial charge in [-0.2, -0.15) is 0 Å². The molecule has 1 aromatic heterocycles. The molecule has 0 radical (unpaired) electrons. The van der Waals surface area contributed by atoms with E-state index in [9.17, 15) is 14.0 Å². The van der Waals surface area contributed by atoms with Gasteiger partial charge in [0.2, 0.25) is 5.91 Å². The maximum absolute atomic E-state index is 13.1. The number of nitrogens with zero attached hydrogens (tertiary/aromatic N) is 2. The smallest absolute Gasteiger partial charge is 0.315 e. The Morgan fingerprint density at radius 2 is 1.77 bits per heavy atom. The second-order valence-corrected chi connectivity index (χ2v) is 7.34. The molecule has 160 valence electrons. The summed E-state index contributed by atoms with van der Waals surface area (Å²) in [4.78, 5) is 30.5. The molecule has 30 heavy (non-hydrogen) atoms. The quantitative estimate of drug-likeness (QED) is 0.580. The van der Waals surface area contributed by atoms with Gasteiger partial charge in [0.05, 0.1) is 6.42 Å². The molecule has 0 unspecified atom stereocenters. The Kier molecular flexibility index (Phi) is 8.00. The third kappa shape index (κ3) is 7.02. The summed E-state index contributed by atoms with van der Waals surface area (Å²) < 4.78 is 13.1. The number of amides is 3. The maximum Gasteiger partial charge on any atom is 0.315 e. The SMILES string of the molecule is O=C(Cc1cccc(F)c1)NCCNC(=O)NCc1ccc(N2CCCCC2)nc1. The summed E-state index contributed by atoms with van der Waals surface area (Å²) in [5.41, 5.74) is 1.53. The van der Waals surface area contributed by atoms with E-state index in [1.807, 2.05) is 12.1 Å². The Hall–Kier alpha value is -3.16. The van der Waals surface area contributed by atoms with Crippen LogP contribution in [0.4, 0.5) is 15.0 Å². The van der Waals surface area contributed by atoms with Crippen LogP contribution < -0.4 is 20.9 Å². The van der Waals surface area contributed by atoms with E-state index < -0.39 is 0 Å². The van der Waals surface area contributed by atoms with E-state index in [4.69, 9.17) is 0 Å². The Balaban J connectivity index is 1.29. The number of hydrogen-bond acceptors (Lipinski definition) is 4. The molecule has 1 aromatic carbocycles. The third-order valence-electron chi connectivity index (χ3n) is 4.93. The molecule has 1 fully saturated rings. The fourth-order valence-corrected chi connectivity index (χ4v) is 3.35. The summed E-state index contributed by atoms with van der Waals surface area (Å²) in [6, 6.07) is 9.60. The molecular weight excluding hydrogens is 385 g/mol. The van der Waals surface area contributed by atoms with Crippen molar-refractivity contribution in [2.24, 2.45) is 0 Å². The molecule has 2 heterocycles. The number of aromatic nitrogens is 1. The average Bonchev–Trinajstić information content (AvgIpc) is 2.76. The summed E-state index contributed by atoms with van der Waals surface area (Å²) in [7, 11) is 0. The molecule has 0 aliphatic carbocycles. The van der Waals surface area contributed by atoms with Crippen LogP contribution in [0.5, 0.6) is 0 Å². The predicted molar refractivity (Wildman–Crippen MR) is 114 cm³/mol. The van der Waals surface area contributed by atoms with Crippen molar-refractivity contribution in [1.29, 1.82) is 0 Å². The molecule has 0 spiro atoms. The van der Waals surface area contributed by atoms with Crippen LogP contribution in [0.2, 0.25) is 0 Å². The zero-order valence-electron chi connectivity index (χ0n) is 17.0. The van der Waals surface area contributed by atoms with Crippen LogP contribution in [-0.4, -0.2) is 43.1 Å². The second-order valence-electron chi connectivity index (χ2n) is 7.34. The lowest BCUT2D eigenvalue weighted by Gasteiger charge is -2.27. The largest absolute Gasteiger partial charge is 0.357 e. The van der Waals surface area contributed by atoms with Gasteiger partial charge in [-0.3, -0.25) is 4.79 Å². The highest BCUT2D eigenvalue weighted by molar-refractivity contribution is 5.78. The van der Waals surface area contributed by atoms with Crippen LogP contribution in [-0.2, 0) is 17.8 Å². The summed E-state index contributed by atoms with van der Waals surface area (Å²) in [6.45, 7) is 3.07. The lowest BCUT2D eigenvalue weighted by molar-refractivity contribution is -0.120. The Bertz CT molecular complexity index is 838. The van der Waals surface area contributed by atoms with Crippen molar-refractivity contribution in [3.8, 4) is 0 Å². The van der Waals surface area contributed by atoms with Gasteiger partial charge in [-0.25, -0.2) is 14.2 Å². The number of anilines is 1. The van der Waals surface area contributed by atoms with Crippen molar-refractivity contribution in [2.45, 2.75) is 32.2 Å². The monoisotopic (exact) mass is 413 g/mol. The van der Waals surface area contributed by atoms with E-state index in [-0.39, 0.29) is 24.2 Å². The normalized spacial score (nSPS) is 13.6. The molecule has 1 aliphatic heterocycles. The van der Waals surface area contributed by atoms with Gasteiger partial charge < -0.3 is 20.9 Å². The average molecular weight is 413 g/mol. The predicted octanol–water partition coefficient (Wildman–Crippen LogP) is 2.37. The van der Waals surface area contributed by atoms with Crippen molar-refractivity contribution in [3.63, 3.8) is 0 Å². The first-order valence-corrected chi connectivity index (χ1v) is 10.3. The van der Waals surface area contributed by atoms with Crippen molar-refractivity contribution >= 4 is 17.8 Å². The fourth-order valence-electron chi connectivity index (χ4n) is 3.35. The van der Waals surface area contributed by atoms with Gasteiger partial charge in [0, 0.05) is 38.9 Å². The molecule has 0 bridgehead atoms. The van der Waals surface area contributed by atoms with Gasteiger partial charge in [-0.1, -0.05) is 18.2 Å². The third-order valence-corrected chi connectivity index (χ3v) is 4.93.